The lowest BCUT2D eigenvalue weighted by atomic mass is 10.5. The van der Waals surface area contributed by atoms with E-state index in [1.165, 1.54) is 0 Å². The largest absolute Gasteiger partial charge is 0.365 e. The number of hydrogen-bond acceptors (Lipinski definition) is 2. The van der Waals surface area contributed by atoms with Crippen LogP contribution in [0.25, 0.3) is 0 Å². The highest BCUT2D eigenvalue weighted by atomic mass is 16.6. The summed E-state index contributed by atoms with van der Waals surface area (Å²) >= 11 is 0. The lowest BCUT2D eigenvalue weighted by Crippen LogP contribution is -2.07. The van der Waals surface area contributed by atoms with Gasteiger partial charge in [0, 0.05) is 0 Å². The third kappa shape index (κ3) is 5.54. The normalized spacial score (nSPS) is 15.1. The fraction of sp³-hybridized carbons (Fsp3) is 0.500. The van der Waals surface area contributed by atoms with E-state index in [0.29, 0.717) is 6.61 Å². The van der Waals surface area contributed by atoms with E-state index in [1.54, 1.807) is 12.2 Å². The highest BCUT2D eigenvalue weighted by molar-refractivity contribution is 4.82. The summed E-state index contributed by atoms with van der Waals surface area (Å²) in [6.07, 6.45) is 6.29. The van der Waals surface area contributed by atoms with Crippen molar-refractivity contribution in [1.29, 1.82) is 0 Å². The van der Waals surface area contributed by atoms with Crippen LogP contribution >= 0.6 is 0 Å². The molecule has 0 amide bonds. The molecule has 1 N–H and O–H groups in total. The van der Waals surface area contributed by atoms with Crippen molar-refractivity contribution in [3.8, 4) is 0 Å². The summed E-state index contributed by atoms with van der Waals surface area (Å²) < 4.78 is 4.90. The predicted molar refractivity (Wildman–Crippen MR) is 41.6 cm³/mol. The van der Waals surface area contributed by atoms with E-state index in [2.05, 4.69) is 0 Å². The second kappa shape index (κ2) is 6.52. The molecule has 0 aromatic carbocycles. The molecule has 0 aromatic heterocycles. The Balaban J connectivity index is 3.30. The van der Waals surface area contributed by atoms with Gasteiger partial charge < -0.3 is 9.84 Å². The number of rotatable bonds is 4. The van der Waals surface area contributed by atoms with Crippen LogP contribution in [-0.4, -0.2) is 18.0 Å². The summed E-state index contributed by atoms with van der Waals surface area (Å²) in [5, 5.41) is 8.93. The minimum atomic E-state index is -0.763. The second-order valence-corrected chi connectivity index (χ2v) is 1.82. The standard InChI is InChI=1S/C8H14O2/c1-3-5-7-10-8(9)6-4-2/h3-6,8-9H,7H2,1-2H3. The van der Waals surface area contributed by atoms with Crippen LogP contribution in [0.2, 0.25) is 0 Å². The van der Waals surface area contributed by atoms with Crippen molar-refractivity contribution in [3.63, 3.8) is 0 Å². The maximum absolute atomic E-state index is 8.93. The highest BCUT2D eigenvalue weighted by Gasteiger charge is 1.92. The minimum absolute atomic E-state index is 0.460. The first kappa shape index (κ1) is 9.40. The molecule has 0 aromatic rings. The van der Waals surface area contributed by atoms with Crippen molar-refractivity contribution in [1.82, 2.24) is 0 Å². The quantitative estimate of drug-likeness (QED) is 0.476. The molecule has 0 fully saturated rings. The SMILES string of the molecule is CC=CCOC(O)C=CC. The number of aliphatic hydroxyl groups is 1. The molecule has 1 atom stereocenters. The average molecular weight is 142 g/mol. The first-order chi connectivity index (χ1) is 4.81. The van der Waals surface area contributed by atoms with E-state index in [-0.39, 0.29) is 0 Å². The molecule has 0 bridgehead atoms. The molecule has 0 aliphatic heterocycles. The van der Waals surface area contributed by atoms with Gasteiger partial charge in [-0.05, 0) is 19.9 Å². The van der Waals surface area contributed by atoms with Gasteiger partial charge in [0.1, 0.15) is 0 Å². The Morgan fingerprint density at radius 3 is 2.60 bits per heavy atom. The molecular formula is C8H14O2. The number of hydrogen-bond donors (Lipinski definition) is 1. The van der Waals surface area contributed by atoms with Crippen LogP contribution in [-0.2, 0) is 4.74 Å². The Hall–Kier alpha value is -0.600. The Kier molecular flexibility index (Phi) is 6.13. The van der Waals surface area contributed by atoms with Crippen molar-refractivity contribution in [2.24, 2.45) is 0 Å². The van der Waals surface area contributed by atoms with E-state index >= 15 is 0 Å². The maximum atomic E-state index is 8.93. The van der Waals surface area contributed by atoms with Crippen LogP contribution in [0.1, 0.15) is 13.8 Å². The molecule has 2 heteroatoms. The molecule has 0 radical (unpaired) electrons. The van der Waals surface area contributed by atoms with Crippen molar-refractivity contribution >= 4 is 0 Å². The van der Waals surface area contributed by atoms with Crippen molar-refractivity contribution in [3.05, 3.63) is 24.3 Å². The Labute approximate surface area is 61.8 Å². The third-order valence-corrected chi connectivity index (χ3v) is 0.956. The van der Waals surface area contributed by atoms with Gasteiger partial charge in [-0.1, -0.05) is 18.2 Å². The zero-order chi connectivity index (χ0) is 7.82. The number of aliphatic hydroxyl groups excluding tert-OH is 1. The summed E-state index contributed by atoms with van der Waals surface area (Å²) in [7, 11) is 0. The van der Waals surface area contributed by atoms with E-state index in [0.717, 1.165) is 0 Å². The second-order valence-electron chi connectivity index (χ2n) is 1.82. The van der Waals surface area contributed by atoms with E-state index in [9.17, 15) is 0 Å². The molecule has 10 heavy (non-hydrogen) atoms. The molecule has 2 nitrogen and oxygen atoms in total. The molecule has 0 heterocycles. The van der Waals surface area contributed by atoms with Gasteiger partial charge in [0.25, 0.3) is 0 Å². The summed E-state index contributed by atoms with van der Waals surface area (Å²) in [5.74, 6) is 0. The fourth-order valence-electron chi connectivity index (χ4n) is 0.471. The Bertz CT molecular complexity index is 116. The molecule has 0 aliphatic carbocycles. The molecule has 0 rings (SSSR count). The summed E-state index contributed by atoms with van der Waals surface area (Å²) in [4.78, 5) is 0. The Morgan fingerprint density at radius 1 is 1.40 bits per heavy atom. The first-order valence-electron chi connectivity index (χ1n) is 3.35. The van der Waals surface area contributed by atoms with Crippen LogP contribution in [0, 0.1) is 0 Å². The summed E-state index contributed by atoms with van der Waals surface area (Å²) in [5.41, 5.74) is 0. The van der Waals surface area contributed by atoms with Crippen LogP contribution < -0.4 is 0 Å². The summed E-state index contributed by atoms with van der Waals surface area (Å²) in [6, 6.07) is 0. The van der Waals surface area contributed by atoms with E-state index in [1.807, 2.05) is 26.0 Å². The van der Waals surface area contributed by atoms with Crippen molar-refractivity contribution < 1.29 is 9.84 Å². The molecule has 58 valence electrons. The van der Waals surface area contributed by atoms with E-state index < -0.39 is 6.29 Å². The van der Waals surface area contributed by atoms with Crippen LogP contribution in [0.4, 0.5) is 0 Å². The lowest BCUT2D eigenvalue weighted by molar-refractivity contribution is -0.0523. The first-order valence-corrected chi connectivity index (χ1v) is 3.35. The smallest absolute Gasteiger partial charge is 0.174 e. The van der Waals surface area contributed by atoms with Crippen LogP contribution in [0.3, 0.4) is 0 Å². The molecule has 1 unspecified atom stereocenters. The van der Waals surface area contributed by atoms with Gasteiger partial charge in [0.2, 0.25) is 0 Å². The van der Waals surface area contributed by atoms with Crippen molar-refractivity contribution in [2.45, 2.75) is 20.1 Å². The summed E-state index contributed by atoms with van der Waals surface area (Å²) in [6.45, 7) is 4.20. The average Bonchev–Trinajstić information content (AvgIpc) is 1.89. The molecular weight excluding hydrogens is 128 g/mol. The van der Waals surface area contributed by atoms with Gasteiger partial charge in [-0.3, -0.25) is 0 Å². The maximum Gasteiger partial charge on any atom is 0.174 e. The van der Waals surface area contributed by atoms with Gasteiger partial charge in [-0.2, -0.15) is 0 Å². The highest BCUT2D eigenvalue weighted by Crippen LogP contribution is 1.88. The van der Waals surface area contributed by atoms with Crippen LogP contribution in [0.5, 0.6) is 0 Å². The van der Waals surface area contributed by atoms with Gasteiger partial charge in [-0.25, -0.2) is 0 Å². The molecule has 0 aliphatic rings. The Morgan fingerprint density at radius 2 is 2.10 bits per heavy atom. The number of ether oxygens (including phenoxy) is 1. The van der Waals surface area contributed by atoms with Gasteiger partial charge >= 0.3 is 0 Å². The molecule has 0 saturated heterocycles. The van der Waals surface area contributed by atoms with Gasteiger partial charge in [0.15, 0.2) is 6.29 Å². The van der Waals surface area contributed by atoms with Crippen LogP contribution in [0.15, 0.2) is 24.3 Å². The lowest BCUT2D eigenvalue weighted by Gasteiger charge is -2.03. The zero-order valence-electron chi connectivity index (χ0n) is 6.45. The molecule has 0 spiro atoms. The fourth-order valence-corrected chi connectivity index (χ4v) is 0.471. The molecule has 0 saturated carbocycles. The minimum Gasteiger partial charge on any atom is -0.365 e. The van der Waals surface area contributed by atoms with Gasteiger partial charge in [-0.15, -0.1) is 0 Å². The topological polar surface area (TPSA) is 29.5 Å². The third-order valence-electron chi connectivity index (χ3n) is 0.956. The van der Waals surface area contributed by atoms with Gasteiger partial charge in [0.05, 0.1) is 6.61 Å². The number of allylic oxidation sites excluding steroid dienone is 2. The zero-order valence-corrected chi connectivity index (χ0v) is 6.45. The van der Waals surface area contributed by atoms with Crippen molar-refractivity contribution in [2.75, 3.05) is 6.61 Å². The van der Waals surface area contributed by atoms with E-state index in [4.69, 9.17) is 9.84 Å². The predicted octanol–water partition coefficient (Wildman–Crippen LogP) is 1.47. The monoisotopic (exact) mass is 142 g/mol.